The third-order valence-electron chi connectivity index (χ3n) is 0. The number of phosphoric acid groups is 2. The van der Waals surface area contributed by atoms with Gasteiger partial charge in [0.2, 0.25) is 0 Å². The first-order chi connectivity index (χ1) is 4.00. The largest absolute Gasteiger partial charge is 1.00 e. The Balaban J connectivity index is -0.0000000128. The molecule has 15 heavy (non-hydrogen) atoms. The van der Waals surface area contributed by atoms with Gasteiger partial charge in [0.25, 0.3) is 0 Å². The van der Waals surface area contributed by atoms with Crippen LogP contribution in [0.25, 0.3) is 0 Å². The Morgan fingerprint density at radius 2 is 0.800 bits per heavy atom. The van der Waals surface area contributed by atoms with Gasteiger partial charge in [-0.15, -0.1) is 0 Å². The van der Waals surface area contributed by atoms with Gasteiger partial charge >= 0.3 is 88.8 Å². The molecule has 0 rings (SSSR count). The Bertz CT molecular complexity index is 131. The molecule has 0 aromatic rings. The average molecular weight is 310 g/mol. The van der Waals surface area contributed by atoms with E-state index in [1.807, 2.05) is 0 Å². The van der Waals surface area contributed by atoms with Crippen molar-refractivity contribution in [3.05, 3.63) is 0 Å². The van der Waals surface area contributed by atoms with Crippen LogP contribution in [0.4, 0.5) is 0 Å². The van der Waals surface area contributed by atoms with Crippen molar-refractivity contribution in [2.45, 2.75) is 0 Å². The molecule has 15 heteroatoms. The molecule has 0 bridgehead atoms. The molecule has 88 valence electrons. The quantitative estimate of drug-likeness (QED) is 0.246. The summed E-state index contributed by atoms with van der Waals surface area (Å²) in [6, 6.07) is 0. The van der Waals surface area contributed by atoms with Crippen molar-refractivity contribution >= 4 is 15.6 Å². The molecule has 0 aliphatic rings. The maximum absolute atomic E-state index is 8.88. The van der Waals surface area contributed by atoms with Gasteiger partial charge in [-0.25, -0.2) is 4.57 Å². The summed E-state index contributed by atoms with van der Waals surface area (Å²) < 4.78 is 17.5. The van der Waals surface area contributed by atoms with E-state index in [-0.39, 0.29) is 97.4 Å². The van der Waals surface area contributed by atoms with E-state index in [9.17, 15) is 0 Å². The summed E-state index contributed by atoms with van der Waals surface area (Å²) in [4.78, 5) is 45.8. The van der Waals surface area contributed by atoms with E-state index in [2.05, 4.69) is 0 Å². The van der Waals surface area contributed by atoms with Crippen molar-refractivity contribution in [2.75, 3.05) is 0 Å². The maximum atomic E-state index is 8.88. The van der Waals surface area contributed by atoms with Gasteiger partial charge in [0, 0.05) is 0 Å². The van der Waals surface area contributed by atoms with Crippen LogP contribution >= 0.6 is 15.6 Å². The van der Waals surface area contributed by atoms with E-state index >= 15 is 0 Å². The van der Waals surface area contributed by atoms with Gasteiger partial charge in [-0.1, -0.05) is 0 Å². The normalized spacial score (nSPS) is 7.87. The van der Waals surface area contributed by atoms with Crippen LogP contribution in [0.5, 0.6) is 0 Å². The molecule has 11 nitrogen and oxygen atoms in total. The molecule has 0 aromatic heterocycles. The standard InChI is InChI=1S/K.Na.2H3O4P.3H2O/c;;2*1-5(2,3)4;;;/h;;2*(H3,1,2,3,4);3*1H2/q2*+1;;;;;/p-2. The predicted octanol–water partition coefficient (Wildman–Crippen LogP) is -11.6. The fourth-order valence-electron chi connectivity index (χ4n) is 0. The Labute approximate surface area is 149 Å². The first kappa shape index (κ1) is 43.1. The summed E-state index contributed by atoms with van der Waals surface area (Å²) in [7, 11) is -9.78. The van der Waals surface area contributed by atoms with Crippen molar-refractivity contribution in [1.82, 2.24) is 0 Å². The second-order valence-electron chi connectivity index (χ2n) is 0.982. The second kappa shape index (κ2) is 19.1. The third-order valence-corrected chi connectivity index (χ3v) is 0. The number of rotatable bonds is 0. The summed E-state index contributed by atoms with van der Waals surface area (Å²) >= 11 is 0. The first-order valence-electron chi connectivity index (χ1n) is 1.53. The molecule has 0 saturated heterocycles. The molecule has 0 heterocycles. The molecule has 0 spiro atoms. The maximum Gasteiger partial charge on any atom is 1.00 e. The number of hydrogen-bond donors (Lipinski definition) is 4. The van der Waals surface area contributed by atoms with Crippen LogP contribution in [0.3, 0.4) is 0 Å². The summed E-state index contributed by atoms with van der Waals surface area (Å²) in [6.45, 7) is 0. The van der Waals surface area contributed by atoms with Gasteiger partial charge in [0.05, 0.1) is 7.82 Å². The zero-order valence-electron chi connectivity index (χ0n) is 7.82. The monoisotopic (exact) mass is 310 g/mol. The minimum absolute atomic E-state index is 0. The van der Waals surface area contributed by atoms with E-state index in [0.29, 0.717) is 0 Å². The van der Waals surface area contributed by atoms with Crippen LogP contribution in [-0.2, 0) is 9.13 Å². The Kier molecular flexibility index (Phi) is 54.8. The minimum Gasteiger partial charge on any atom is -0.790 e. The van der Waals surface area contributed by atoms with E-state index in [1.165, 1.54) is 0 Å². The molecule has 0 aliphatic carbocycles. The molecule has 0 fully saturated rings. The van der Waals surface area contributed by atoms with Crippen molar-refractivity contribution in [3.63, 3.8) is 0 Å². The fourth-order valence-corrected chi connectivity index (χ4v) is 0. The van der Waals surface area contributed by atoms with Gasteiger partial charge in [0.1, 0.15) is 0 Å². The van der Waals surface area contributed by atoms with Gasteiger partial charge in [-0.3, -0.25) is 0 Å². The molecule has 0 aliphatic heterocycles. The first-order valence-corrected chi connectivity index (χ1v) is 4.59. The number of hydrogen-bond acceptors (Lipinski definition) is 4. The zero-order chi connectivity index (χ0) is 9.00. The molecule has 0 radical (unpaired) electrons. The zero-order valence-corrected chi connectivity index (χ0v) is 14.7. The fraction of sp³-hybridized carbons (Fsp3) is 0. The molecule has 0 saturated carbocycles. The van der Waals surface area contributed by atoms with Crippen molar-refractivity contribution < 1.29 is 136 Å². The molecular formula is H10KNaO11P2. The van der Waals surface area contributed by atoms with Crippen LogP contribution in [0.1, 0.15) is 0 Å². The Morgan fingerprint density at radius 3 is 0.800 bits per heavy atom. The second-order valence-corrected chi connectivity index (χ2v) is 2.95. The minimum atomic E-state index is -5.14. The van der Waals surface area contributed by atoms with E-state index in [0.717, 1.165) is 0 Å². The van der Waals surface area contributed by atoms with Gasteiger partial charge in [0.15, 0.2) is 0 Å². The van der Waals surface area contributed by atoms with Crippen LogP contribution in [0.15, 0.2) is 0 Å². The summed E-state index contributed by atoms with van der Waals surface area (Å²) in [6.07, 6.45) is 0. The molecule has 0 unspecified atom stereocenters. The molecular weight excluding hydrogens is 300 g/mol. The van der Waals surface area contributed by atoms with Crippen molar-refractivity contribution in [1.29, 1.82) is 0 Å². The van der Waals surface area contributed by atoms with Crippen molar-refractivity contribution in [3.8, 4) is 0 Å². The third kappa shape index (κ3) is 485. The van der Waals surface area contributed by atoms with E-state index in [1.54, 1.807) is 0 Å². The van der Waals surface area contributed by atoms with Crippen molar-refractivity contribution in [2.24, 2.45) is 0 Å². The Hall–Kier alpha value is 2.74. The summed E-state index contributed by atoms with van der Waals surface area (Å²) in [5.41, 5.74) is 0. The topological polar surface area (TPSA) is 256 Å². The van der Waals surface area contributed by atoms with E-state index < -0.39 is 15.6 Å². The van der Waals surface area contributed by atoms with Crippen LogP contribution in [0, 0.1) is 0 Å². The van der Waals surface area contributed by atoms with Gasteiger partial charge in [-0.05, 0) is 0 Å². The van der Waals surface area contributed by atoms with Gasteiger partial charge < -0.3 is 50.4 Å². The van der Waals surface area contributed by atoms with Crippen LogP contribution in [0.2, 0.25) is 0 Å². The van der Waals surface area contributed by atoms with Crippen LogP contribution in [-0.4, -0.2) is 36.0 Å². The average Bonchev–Trinajstić information content (AvgIpc) is 1.12. The molecule has 0 aromatic carbocycles. The molecule has 0 amide bonds. The summed E-state index contributed by atoms with van der Waals surface area (Å²) in [5, 5.41) is 0. The van der Waals surface area contributed by atoms with E-state index in [4.69, 9.17) is 38.5 Å². The summed E-state index contributed by atoms with van der Waals surface area (Å²) in [5.74, 6) is 0. The molecule has 10 N–H and O–H groups in total. The molecule has 0 atom stereocenters. The Morgan fingerprint density at radius 1 is 0.800 bits per heavy atom. The SMILES string of the molecule is O.O.O.O=P(O)(O)O.O=P([O-])([O-])O.[K+].[Na+]. The predicted molar refractivity (Wildman–Crippen MR) is 34.9 cm³/mol. The van der Waals surface area contributed by atoms with Crippen LogP contribution < -0.4 is 90.7 Å². The smallest absolute Gasteiger partial charge is 0.790 e. The van der Waals surface area contributed by atoms with Gasteiger partial charge in [-0.2, -0.15) is 0 Å².